The number of hydrogen-bond acceptors (Lipinski definition) is 3. The van der Waals surface area contributed by atoms with Gasteiger partial charge in [-0.1, -0.05) is 18.2 Å². The highest BCUT2D eigenvalue weighted by Gasteiger charge is 2.08. The highest BCUT2D eigenvalue weighted by Crippen LogP contribution is 2.18. The summed E-state index contributed by atoms with van der Waals surface area (Å²) >= 11 is 0. The fourth-order valence-electron chi connectivity index (χ4n) is 2.28. The zero-order chi connectivity index (χ0) is 14.8. The van der Waals surface area contributed by atoms with E-state index in [1.165, 1.54) is 0 Å². The Morgan fingerprint density at radius 3 is 2.52 bits per heavy atom. The SMILES string of the molecule is Cc1cc(C)c2ccc(NC(=O)c3ccccc3)nc2n1. The van der Waals surface area contributed by atoms with E-state index in [-0.39, 0.29) is 5.91 Å². The van der Waals surface area contributed by atoms with Gasteiger partial charge in [-0.25, -0.2) is 9.97 Å². The number of aromatic nitrogens is 2. The molecule has 0 aliphatic heterocycles. The van der Waals surface area contributed by atoms with Gasteiger partial charge in [-0.05, 0) is 49.7 Å². The minimum absolute atomic E-state index is 0.174. The number of benzene rings is 1. The number of carbonyl (C=O) groups is 1. The smallest absolute Gasteiger partial charge is 0.256 e. The second-order valence-corrected chi connectivity index (χ2v) is 4.97. The fourth-order valence-corrected chi connectivity index (χ4v) is 2.28. The lowest BCUT2D eigenvalue weighted by molar-refractivity contribution is 0.102. The third kappa shape index (κ3) is 2.74. The molecule has 1 amide bonds. The van der Waals surface area contributed by atoms with Crippen molar-refractivity contribution in [1.82, 2.24) is 9.97 Å². The summed E-state index contributed by atoms with van der Waals surface area (Å²) in [5.74, 6) is 0.334. The van der Waals surface area contributed by atoms with E-state index in [9.17, 15) is 4.79 Å². The van der Waals surface area contributed by atoms with Crippen LogP contribution in [0.5, 0.6) is 0 Å². The summed E-state index contributed by atoms with van der Waals surface area (Å²) in [7, 11) is 0. The molecule has 0 aliphatic carbocycles. The van der Waals surface area contributed by atoms with Crippen LogP contribution in [0.4, 0.5) is 5.82 Å². The molecule has 0 fully saturated rings. The number of pyridine rings is 2. The van der Waals surface area contributed by atoms with Crippen molar-refractivity contribution in [3.05, 3.63) is 65.4 Å². The number of amides is 1. The Balaban J connectivity index is 1.93. The molecule has 1 N–H and O–H groups in total. The summed E-state index contributed by atoms with van der Waals surface area (Å²) in [5.41, 5.74) is 3.30. The zero-order valence-corrected chi connectivity index (χ0v) is 11.9. The zero-order valence-electron chi connectivity index (χ0n) is 11.9. The number of hydrogen-bond donors (Lipinski definition) is 1. The van der Waals surface area contributed by atoms with Crippen LogP contribution < -0.4 is 5.32 Å². The molecular weight excluding hydrogens is 262 g/mol. The molecule has 0 atom stereocenters. The van der Waals surface area contributed by atoms with Gasteiger partial charge in [0.05, 0.1) is 0 Å². The molecule has 0 bridgehead atoms. The van der Waals surface area contributed by atoms with Crippen LogP contribution in [0, 0.1) is 13.8 Å². The highest BCUT2D eigenvalue weighted by atomic mass is 16.1. The molecule has 4 nitrogen and oxygen atoms in total. The van der Waals surface area contributed by atoms with Gasteiger partial charge < -0.3 is 5.32 Å². The van der Waals surface area contributed by atoms with Gasteiger partial charge in [0.2, 0.25) is 0 Å². The van der Waals surface area contributed by atoms with Gasteiger partial charge in [-0.3, -0.25) is 4.79 Å². The summed E-state index contributed by atoms with van der Waals surface area (Å²) in [5, 5.41) is 3.80. The monoisotopic (exact) mass is 277 g/mol. The first-order valence-electron chi connectivity index (χ1n) is 6.75. The Kier molecular flexibility index (Phi) is 3.36. The van der Waals surface area contributed by atoms with Crippen LogP contribution in [0.15, 0.2) is 48.5 Å². The molecule has 0 saturated heterocycles. The number of nitrogens with zero attached hydrogens (tertiary/aromatic N) is 2. The van der Waals surface area contributed by atoms with E-state index < -0.39 is 0 Å². The first-order valence-corrected chi connectivity index (χ1v) is 6.75. The van der Waals surface area contributed by atoms with Crippen LogP contribution in [-0.4, -0.2) is 15.9 Å². The average molecular weight is 277 g/mol. The van der Waals surface area contributed by atoms with E-state index in [4.69, 9.17) is 0 Å². The number of nitrogens with one attached hydrogen (secondary N) is 1. The first-order chi connectivity index (χ1) is 10.1. The first kappa shape index (κ1) is 13.2. The molecule has 1 aromatic carbocycles. The van der Waals surface area contributed by atoms with Crippen molar-refractivity contribution in [1.29, 1.82) is 0 Å². The highest BCUT2D eigenvalue weighted by molar-refractivity contribution is 6.04. The molecular formula is C17H15N3O. The van der Waals surface area contributed by atoms with E-state index >= 15 is 0 Å². The summed E-state index contributed by atoms with van der Waals surface area (Å²) in [6.45, 7) is 3.96. The van der Waals surface area contributed by atoms with Crippen LogP contribution in [0.2, 0.25) is 0 Å². The largest absolute Gasteiger partial charge is 0.306 e. The van der Waals surface area contributed by atoms with E-state index in [0.717, 1.165) is 16.6 Å². The van der Waals surface area contributed by atoms with Gasteiger partial charge in [0, 0.05) is 16.6 Å². The predicted octanol–water partition coefficient (Wildman–Crippen LogP) is 3.50. The average Bonchev–Trinajstić information content (AvgIpc) is 2.47. The van der Waals surface area contributed by atoms with Gasteiger partial charge in [-0.15, -0.1) is 0 Å². The molecule has 104 valence electrons. The lowest BCUT2D eigenvalue weighted by Crippen LogP contribution is -2.12. The summed E-state index contributed by atoms with van der Waals surface area (Å²) < 4.78 is 0. The molecule has 0 radical (unpaired) electrons. The number of rotatable bonds is 2. The van der Waals surface area contributed by atoms with Crippen molar-refractivity contribution in [2.45, 2.75) is 13.8 Å². The summed E-state index contributed by atoms with van der Waals surface area (Å²) in [4.78, 5) is 20.9. The van der Waals surface area contributed by atoms with Gasteiger partial charge in [0.1, 0.15) is 5.82 Å². The van der Waals surface area contributed by atoms with Crippen LogP contribution in [0.3, 0.4) is 0 Å². The minimum Gasteiger partial charge on any atom is -0.306 e. The molecule has 0 spiro atoms. The van der Waals surface area contributed by atoms with Crippen molar-refractivity contribution in [3.8, 4) is 0 Å². The molecule has 3 aromatic rings. The summed E-state index contributed by atoms with van der Waals surface area (Å²) in [6.07, 6.45) is 0. The lowest BCUT2D eigenvalue weighted by atomic mass is 10.1. The van der Waals surface area contributed by atoms with Gasteiger partial charge in [0.25, 0.3) is 5.91 Å². The van der Waals surface area contributed by atoms with Crippen molar-refractivity contribution >= 4 is 22.8 Å². The fraction of sp³-hybridized carbons (Fsp3) is 0.118. The normalized spacial score (nSPS) is 10.6. The lowest BCUT2D eigenvalue weighted by Gasteiger charge is -2.07. The summed E-state index contributed by atoms with van der Waals surface area (Å²) in [6, 6.07) is 14.8. The number of fused-ring (bicyclic) bond motifs is 1. The molecule has 0 aliphatic rings. The second-order valence-electron chi connectivity index (χ2n) is 4.97. The predicted molar refractivity (Wildman–Crippen MR) is 83.4 cm³/mol. The van der Waals surface area contributed by atoms with Gasteiger partial charge in [0.15, 0.2) is 5.65 Å². The maximum absolute atomic E-state index is 12.1. The Bertz CT molecular complexity index is 813. The van der Waals surface area contributed by atoms with E-state index in [0.29, 0.717) is 17.0 Å². The third-order valence-corrected chi connectivity index (χ3v) is 3.29. The van der Waals surface area contributed by atoms with Crippen LogP contribution in [0.25, 0.3) is 11.0 Å². The van der Waals surface area contributed by atoms with E-state index in [1.54, 1.807) is 18.2 Å². The van der Waals surface area contributed by atoms with Crippen molar-refractivity contribution < 1.29 is 4.79 Å². The molecule has 3 rings (SSSR count). The number of anilines is 1. The van der Waals surface area contributed by atoms with Gasteiger partial charge in [-0.2, -0.15) is 0 Å². The van der Waals surface area contributed by atoms with Crippen LogP contribution >= 0.6 is 0 Å². The van der Waals surface area contributed by atoms with Crippen molar-refractivity contribution in [3.63, 3.8) is 0 Å². The standard InChI is InChI=1S/C17H15N3O/c1-11-10-12(2)18-16-14(11)8-9-15(19-16)20-17(21)13-6-4-3-5-7-13/h3-10H,1-2H3,(H,18,19,20,21). The van der Waals surface area contributed by atoms with E-state index in [1.807, 2.05) is 44.2 Å². The Morgan fingerprint density at radius 2 is 1.76 bits per heavy atom. The molecule has 4 heteroatoms. The van der Waals surface area contributed by atoms with Crippen LogP contribution in [-0.2, 0) is 0 Å². The second kappa shape index (κ2) is 5.32. The molecule has 0 unspecified atom stereocenters. The Morgan fingerprint density at radius 1 is 1.00 bits per heavy atom. The minimum atomic E-state index is -0.174. The van der Waals surface area contributed by atoms with Crippen LogP contribution in [0.1, 0.15) is 21.6 Å². The topological polar surface area (TPSA) is 54.9 Å². The molecule has 0 saturated carbocycles. The Hall–Kier alpha value is -2.75. The van der Waals surface area contributed by atoms with Crippen molar-refractivity contribution in [2.75, 3.05) is 5.32 Å². The number of aryl methyl sites for hydroxylation is 2. The maximum atomic E-state index is 12.1. The quantitative estimate of drug-likeness (QED) is 0.780. The van der Waals surface area contributed by atoms with Gasteiger partial charge >= 0.3 is 0 Å². The Labute approximate surface area is 122 Å². The molecule has 21 heavy (non-hydrogen) atoms. The van der Waals surface area contributed by atoms with E-state index in [2.05, 4.69) is 15.3 Å². The molecule has 2 aromatic heterocycles. The van der Waals surface area contributed by atoms with Crippen molar-refractivity contribution in [2.24, 2.45) is 0 Å². The number of carbonyl (C=O) groups excluding carboxylic acids is 1. The third-order valence-electron chi connectivity index (χ3n) is 3.29. The molecule has 2 heterocycles. The maximum Gasteiger partial charge on any atom is 0.256 e.